The maximum absolute atomic E-state index is 12.3. The zero-order valence-electron chi connectivity index (χ0n) is 15.1. The summed E-state index contributed by atoms with van der Waals surface area (Å²) in [4.78, 5) is 36.2. The number of benzene rings is 2. The molecule has 0 bridgehead atoms. The fourth-order valence-electron chi connectivity index (χ4n) is 2.58. The maximum atomic E-state index is 12.3. The third-order valence-electron chi connectivity index (χ3n) is 4.01. The monoisotopic (exact) mass is 388 g/mol. The molecule has 1 unspecified atom stereocenters. The molecule has 0 spiro atoms. The number of carbonyl (C=O) groups excluding carboxylic acids is 3. The summed E-state index contributed by atoms with van der Waals surface area (Å²) in [5, 5.41) is 5.73. The number of ether oxygens (including phenoxy) is 1. The van der Waals surface area contributed by atoms with Crippen molar-refractivity contribution in [2.75, 3.05) is 13.7 Å². The Bertz CT molecular complexity index is 838. The van der Waals surface area contributed by atoms with Crippen molar-refractivity contribution in [2.45, 2.75) is 19.4 Å². The average Bonchev–Trinajstić information content (AvgIpc) is 2.66. The van der Waals surface area contributed by atoms with Crippen LogP contribution in [0.1, 0.15) is 33.9 Å². The SMILES string of the molecule is COC(=O)CC(NC(=O)CNC(=O)c1ccccc1C)c1ccccc1Cl. The van der Waals surface area contributed by atoms with E-state index in [2.05, 4.69) is 15.4 Å². The van der Waals surface area contributed by atoms with E-state index in [0.29, 0.717) is 16.1 Å². The van der Waals surface area contributed by atoms with Crippen LogP contribution >= 0.6 is 11.6 Å². The Labute approximate surface area is 162 Å². The van der Waals surface area contributed by atoms with E-state index in [1.807, 2.05) is 19.1 Å². The van der Waals surface area contributed by atoms with Crippen LogP contribution in [0.5, 0.6) is 0 Å². The van der Waals surface area contributed by atoms with Gasteiger partial charge < -0.3 is 15.4 Å². The van der Waals surface area contributed by atoms with Gasteiger partial charge in [-0.3, -0.25) is 14.4 Å². The van der Waals surface area contributed by atoms with E-state index in [-0.39, 0.29) is 18.9 Å². The first-order chi connectivity index (χ1) is 12.9. The van der Waals surface area contributed by atoms with Gasteiger partial charge in [0.1, 0.15) is 0 Å². The van der Waals surface area contributed by atoms with E-state index >= 15 is 0 Å². The van der Waals surface area contributed by atoms with Gasteiger partial charge in [-0.1, -0.05) is 48.0 Å². The summed E-state index contributed by atoms with van der Waals surface area (Å²) in [7, 11) is 1.27. The molecule has 142 valence electrons. The van der Waals surface area contributed by atoms with Crippen molar-refractivity contribution in [1.82, 2.24) is 10.6 Å². The summed E-state index contributed by atoms with van der Waals surface area (Å²) in [6, 6.07) is 13.4. The van der Waals surface area contributed by atoms with E-state index in [1.165, 1.54) is 7.11 Å². The zero-order chi connectivity index (χ0) is 19.8. The van der Waals surface area contributed by atoms with Crippen molar-refractivity contribution in [3.63, 3.8) is 0 Å². The number of nitrogens with one attached hydrogen (secondary N) is 2. The zero-order valence-corrected chi connectivity index (χ0v) is 15.9. The van der Waals surface area contributed by atoms with Gasteiger partial charge in [-0.05, 0) is 30.2 Å². The number of halogens is 1. The third kappa shape index (κ3) is 5.82. The van der Waals surface area contributed by atoms with Crippen molar-refractivity contribution in [3.05, 3.63) is 70.2 Å². The van der Waals surface area contributed by atoms with Crippen LogP contribution in [0.3, 0.4) is 0 Å². The number of hydrogen-bond acceptors (Lipinski definition) is 4. The molecule has 2 rings (SSSR count). The summed E-state index contributed by atoms with van der Waals surface area (Å²) in [6.45, 7) is 1.59. The fraction of sp³-hybridized carbons (Fsp3) is 0.250. The summed E-state index contributed by atoms with van der Waals surface area (Å²) < 4.78 is 4.69. The lowest BCUT2D eigenvalue weighted by molar-refractivity contribution is -0.141. The smallest absolute Gasteiger partial charge is 0.307 e. The second kappa shape index (κ2) is 9.73. The molecular formula is C20H21ClN2O4. The quantitative estimate of drug-likeness (QED) is 0.714. The van der Waals surface area contributed by atoms with Crippen LogP contribution in [0.15, 0.2) is 48.5 Å². The highest BCUT2D eigenvalue weighted by molar-refractivity contribution is 6.31. The fourth-order valence-corrected chi connectivity index (χ4v) is 2.84. The average molecular weight is 389 g/mol. The Hall–Kier alpha value is -2.86. The van der Waals surface area contributed by atoms with E-state index in [1.54, 1.807) is 36.4 Å². The van der Waals surface area contributed by atoms with Crippen molar-refractivity contribution in [3.8, 4) is 0 Å². The molecule has 0 saturated carbocycles. The largest absolute Gasteiger partial charge is 0.469 e. The lowest BCUT2D eigenvalue weighted by Gasteiger charge is -2.19. The van der Waals surface area contributed by atoms with E-state index in [4.69, 9.17) is 11.6 Å². The predicted octanol–water partition coefficient (Wildman–Crippen LogP) is 2.80. The molecule has 7 heteroatoms. The summed E-state index contributed by atoms with van der Waals surface area (Å²) in [5.41, 5.74) is 1.92. The maximum Gasteiger partial charge on any atom is 0.307 e. The van der Waals surface area contributed by atoms with Gasteiger partial charge in [0.05, 0.1) is 26.1 Å². The Morgan fingerprint density at radius 2 is 1.74 bits per heavy atom. The van der Waals surface area contributed by atoms with Gasteiger partial charge >= 0.3 is 5.97 Å². The predicted molar refractivity (Wildman–Crippen MR) is 102 cm³/mol. The molecular weight excluding hydrogens is 368 g/mol. The molecule has 0 aliphatic carbocycles. The van der Waals surface area contributed by atoms with Crippen LogP contribution in [0.2, 0.25) is 5.02 Å². The van der Waals surface area contributed by atoms with Crippen LogP contribution in [0, 0.1) is 6.92 Å². The van der Waals surface area contributed by atoms with Crippen LogP contribution in [-0.4, -0.2) is 31.4 Å². The van der Waals surface area contributed by atoms with Crippen LogP contribution in [-0.2, 0) is 14.3 Å². The molecule has 2 amide bonds. The number of rotatable bonds is 7. The van der Waals surface area contributed by atoms with Crippen LogP contribution < -0.4 is 10.6 Å². The van der Waals surface area contributed by atoms with Gasteiger partial charge in [0.25, 0.3) is 5.91 Å². The molecule has 0 aromatic heterocycles. The first-order valence-corrected chi connectivity index (χ1v) is 8.74. The number of methoxy groups -OCH3 is 1. The highest BCUT2D eigenvalue weighted by atomic mass is 35.5. The third-order valence-corrected chi connectivity index (χ3v) is 4.36. The highest BCUT2D eigenvalue weighted by Gasteiger charge is 2.21. The summed E-state index contributed by atoms with van der Waals surface area (Å²) in [5.74, 6) is -1.26. The van der Waals surface area contributed by atoms with Crippen molar-refractivity contribution >= 4 is 29.4 Å². The molecule has 0 aliphatic heterocycles. The van der Waals surface area contributed by atoms with Gasteiger partial charge in [0, 0.05) is 10.6 Å². The minimum atomic E-state index is -0.658. The van der Waals surface area contributed by atoms with Gasteiger partial charge in [-0.25, -0.2) is 0 Å². The second-order valence-electron chi connectivity index (χ2n) is 5.92. The molecule has 0 aliphatic rings. The second-order valence-corrected chi connectivity index (χ2v) is 6.33. The summed E-state index contributed by atoms with van der Waals surface area (Å²) >= 11 is 6.18. The molecule has 0 radical (unpaired) electrons. The minimum absolute atomic E-state index is 0.0717. The number of esters is 1. The molecule has 6 nitrogen and oxygen atoms in total. The molecule has 2 aromatic carbocycles. The molecule has 0 heterocycles. The molecule has 2 N–H and O–H groups in total. The van der Waals surface area contributed by atoms with E-state index in [9.17, 15) is 14.4 Å². The lowest BCUT2D eigenvalue weighted by atomic mass is 10.0. The van der Waals surface area contributed by atoms with Crippen molar-refractivity contribution in [1.29, 1.82) is 0 Å². The molecule has 2 aromatic rings. The number of amides is 2. The Morgan fingerprint density at radius 3 is 2.41 bits per heavy atom. The standard InChI is InChI=1S/C20H21ClN2O4/c1-13-7-3-4-8-14(13)20(26)22-12-18(24)23-17(11-19(25)27-2)15-9-5-6-10-16(15)21/h3-10,17H,11-12H2,1-2H3,(H,22,26)(H,23,24). The Kier molecular flexibility index (Phi) is 7.37. The highest BCUT2D eigenvalue weighted by Crippen LogP contribution is 2.25. The van der Waals surface area contributed by atoms with Crippen molar-refractivity contribution < 1.29 is 19.1 Å². The number of aryl methyl sites for hydroxylation is 1. The number of hydrogen-bond donors (Lipinski definition) is 2. The normalized spacial score (nSPS) is 11.4. The van der Waals surface area contributed by atoms with Gasteiger partial charge in [0.2, 0.25) is 5.91 Å². The number of carbonyl (C=O) groups is 3. The van der Waals surface area contributed by atoms with Crippen molar-refractivity contribution in [2.24, 2.45) is 0 Å². The molecule has 27 heavy (non-hydrogen) atoms. The molecule has 0 fully saturated rings. The van der Waals surface area contributed by atoms with E-state index < -0.39 is 17.9 Å². The topological polar surface area (TPSA) is 84.5 Å². The Morgan fingerprint density at radius 1 is 1.07 bits per heavy atom. The first-order valence-electron chi connectivity index (χ1n) is 8.36. The van der Waals surface area contributed by atoms with Gasteiger partial charge in [-0.2, -0.15) is 0 Å². The van der Waals surface area contributed by atoms with Crippen LogP contribution in [0.4, 0.5) is 0 Å². The van der Waals surface area contributed by atoms with E-state index in [0.717, 1.165) is 5.56 Å². The molecule has 0 saturated heterocycles. The minimum Gasteiger partial charge on any atom is -0.469 e. The Balaban J connectivity index is 2.03. The summed E-state index contributed by atoms with van der Waals surface area (Å²) in [6.07, 6.45) is -0.0717. The van der Waals surface area contributed by atoms with Crippen LogP contribution in [0.25, 0.3) is 0 Å². The van der Waals surface area contributed by atoms with Gasteiger partial charge in [-0.15, -0.1) is 0 Å². The lowest BCUT2D eigenvalue weighted by Crippen LogP contribution is -2.39. The van der Waals surface area contributed by atoms with Gasteiger partial charge in [0.15, 0.2) is 0 Å². The molecule has 1 atom stereocenters. The first kappa shape index (κ1) is 20.5.